The third-order valence-electron chi connectivity index (χ3n) is 2.98. The molecule has 0 amide bonds. The number of benzene rings is 1. The number of nitrogens with zero attached hydrogens (tertiary/aromatic N) is 1. The van der Waals surface area contributed by atoms with Gasteiger partial charge in [0.05, 0.1) is 25.9 Å². The van der Waals surface area contributed by atoms with Gasteiger partial charge in [-0.3, -0.25) is 4.90 Å². The van der Waals surface area contributed by atoms with Gasteiger partial charge >= 0.3 is 0 Å². The van der Waals surface area contributed by atoms with Crippen molar-refractivity contribution in [2.24, 2.45) is 0 Å². The Hall–Kier alpha value is -1.27. The molecule has 0 aliphatic rings. The zero-order chi connectivity index (χ0) is 15.5. The van der Waals surface area contributed by atoms with Crippen molar-refractivity contribution in [3.8, 4) is 0 Å². The molecule has 1 atom stereocenters. The van der Waals surface area contributed by atoms with E-state index < -0.39 is 6.10 Å². The molecule has 0 aromatic heterocycles. The van der Waals surface area contributed by atoms with Crippen molar-refractivity contribution in [2.75, 3.05) is 40.0 Å². The summed E-state index contributed by atoms with van der Waals surface area (Å²) in [6, 6.07) is 6.65. The quantitative estimate of drug-likeness (QED) is 0.500. The van der Waals surface area contributed by atoms with Crippen LogP contribution in [0.15, 0.2) is 36.9 Å². The average molecular weight is 297 g/mol. The highest BCUT2D eigenvalue weighted by Crippen LogP contribution is 2.10. The molecule has 0 saturated heterocycles. The number of methoxy groups -OCH3 is 1. The Kier molecular flexibility index (Phi) is 8.85. The first kappa shape index (κ1) is 17.8. The van der Waals surface area contributed by atoms with E-state index in [0.29, 0.717) is 38.4 Å². The van der Waals surface area contributed by atoms with Crippen molar-refractivity contribution in [2.45, 2.75) is 12.6 Å². The van der Waals surface area contributed by atoms with Crippen molar-refractivity contribution in [3.05, 3.63) is 48.3 Å². The SMILES string of the molecule is C=CCOC[C@H](O)CN(CCOC)Cc1ccccc1F. The number of halogens is 1. The van der Waals surface area contributed by atoms with Crippen molar-refractivity contribution in [3.63, 3.8) is 0 Å². The largest absolute Gasteiger partial charge is 0.389 e. The molecular formula is C16H24FNO3. The zero-order valence-corrected chi connectivity index (χ0v) is 12.5. The van der Waals surface area contributed by atoms with E-state index in [1.807, 2.05) is 4.90 Å². The topological polar surface area (TPSA) is 41.9 Å². The summed E-state index contributed by atoms with van der Waals surface area (Å²) < 4.78 is 24.0. The lowest BCUT2D eigenvalue weighted by atomic mass is 10.2. The Morgan fingerprint density at radius 1 is 1.43 bits per heavy atom. The second kappa shape index (κ2) is 10.5. The van der Waals surface area contributed by atoms with E-state index in [4.69, 9.17) is 9.47 Å². The fourth-order valence-electron chi connectivity index (χ4n) is 1.96. The van der Waals surface area contributed by atoms with Gasteiger partial charge in [-0.05, 0) is 6.07 Å². The predicted octanol–water partition coefficient (Wildman–Crippen LogP) is 1.84. The van der Waals surface area contributed by atoms with Gasteiger partial charge in [-0.1, -0.05) is 24.3 Å². The van der Waals surface area contributed by atoms with E-state index in [0.717, 1.165) is 0 Å². The highest BCUT2D eigenvalue weighted by molar-refractivity contribution is 5.17. The van der Waals surface area contributed by atoms with Gasteiger partial charge in [-0.15, -0.1) is 6.58 Å². The molecule has 0 heterocycles. The smallest absolute Gasteiger partial charge is 0.127 e. The van der Waals surface area contributed by atoms with E-state index in [1.54, 1.807) is 31.4 Å². The Bertz CT molecular complexity index is 414. The molecule has 4 nitrogen and oxygen atoms in total. The molecule has 118 valence electrons. The number of hydrogen-bond acceptors (Lipinski definition) is 4. The molecule has 1 rings (SSSR count). The molecule has 0 saturated carbocycles. The first-order chi connectivity index (χ1) is 10.2. The first-order valence-corrected chi connectivity index (χ1v) is 6.98. The van der Waals surface area contributed by atoms with Crippen LogP contribution in [0.4, 0.5) is 4.39 Å². The van der Waals surface area contributed by atoms with E-state index in [-0.39, 0.29) is 12.4 Å². The van der Waals surface area contributed by atoms with Gasteiger partial charge in [0.25, 0.3) is 0 Å². The van der Waals surface area contributed by atoms with Crippen LogP contribution in [-0.4, -0.2) is 56.1 Å². The van der Waals surface area contributed by atoms with Crippen LogP contribution in [0.25, 0.3) is 0 Å². The maximum absolute atomic E-state index is 13.7. The van der Waals surface area contributed by atoms with Crippen LogP contribution in [0.5, 0.6) is 0 Å². The third kappa shape index (κ3) is 7.34. The summed E-state index contributed by atoms with van der Waals surface area (Å²) in [5.74, 6) is -0.239. The maximum atomic E-state index is 13.7. The number of aliphatic hydroxyl groups excluding tert-OH is 1. The van der Waals surface area contributed by atoms with Gasteiger partial charge in [-0.25, -0.2) is 4.39 Å². The maximum Gasteiger partial charge on any atom is 0.127 e. The Morgan fingerprint density at radius 3 is 2.86 bits per heavy atom. The van der Waals surface area contributed by atoms with Gasteiger partial charge in [-0.2, -0.15) is 0 Å². The molecular weight excluding hydrogens is 273 g/mol. The normalized spacial score (nSPS) is 12.6. The van der Waals surface area contributed by atoms with Crippen LogP contribution in [0.1, 0.15) is 5.56 Å². The molecule has 0 aliphatic heterocycles. The van der Waals surface area contributed by atoms with Crippen LogP contribution in [0, 0.1) is 5.82 Å². The first-order valence-electron chi connectivity index (χ1n) is 6.98. The zero-order valence-electron chi connectivity index (χ0n) is 12.5. The van der Waals surface area contributed by atoms with Crippen molar-refractivity contribution < 1.29 is 19.0 Å². The van der Waals surface area contributed by atoms with E-state index in [9.17, 15) is 9.50 Å². The van der Waals surface area contributed by atoms with Gasteiger partial charge in [0.15, 0.2) is 0 Å². The molecule has 21 heavy (non-hydrogen) atoms. The lowest BCUT2D eigenvalue weighted by molar-refractivity contribution is 0.0192. The average Bonchev–Trinajstić information content (AvgIpc) is 2.47. The van der Waals surface area contributed by atoms with E-state index >= 15 is 0 Å². The molecule has 0 spiro atoms. The van der Waals surface area contributed by atoms with Crippen LogP contribution in [0.2, 0.25) is 0 Å². The molecule has 5 heteroatoms. The van der Waals surface area contributed by atoms with Crippen molar-refractivity contribution in [1.29, 1.82) is 0 Å². The molecule has 0 radical (unpaired) electrons. The monoisotopic (exact) mass is 297 g/mol. The highest BCUT2D eigenvalue weighted by Gasteiger charge is 2.14. The van der Waals surface area contributed by atoms with Crippen LogP contribution < -0.4 is 0 Å². The lowest BCUT2D eigenvalue weighted by Gasteiger charge is -2.25. The third-order valence-corrected chi connectivity index (χ3v) is 2.98. The van der Waals surface area contributed by atoms with E-state index in [2.05, 4.69) is 6.58 Å². The summed E-state index contributed by atoms with van der Waals surface area (Å²) in [6.45, 7) is 6.14. The van der Waals surface area contributed by atoms with Crippen molar-refractivity contribution >= 4 is 0 Å². The fourth-order valence-corrected chi connectivity index (χ4v) is 1.96. The molecule has 1 N–H and O–H groups in total. The molecule has 0 bridgehead atoms. The minimum Gasteiger partial charge on any atom is -0.389 e. The minimum atomic E-state index is -0.631. The summed E-state index contributed by atoms with van der Waals surface area (Å²) in [5, 5.41) is 9.96. The second-order valence-corrected chi connectivity index (χ2v) is 4.80. The summed E-state index contributed by atoms with van der Waals surface area (Å²) in [6.07, 6.45) is 1.00. The molecule has 0 fully saturated rings. The lowest BCUT2D eigenvalue weighted by Crippen LogP contribution is -2.36. The number of ether oxygens (including phenoxy) is 2. The Labute approximate surface area is 125 Å². The van der Waals surface area contributed by atoms with Gasteiger partial charge in [0.2, 0.25) is 0 Å². The summed E-state index contributed by atoms with van der Waals surface area (Å²) in [7, 11) is 1.62. The van der Waals surface area contributed by atoms with Crippen LogP contribution >= 0.6 is 0 Å². The fraction of sp³-hybridized carbons (Fsp3) is 0.500. The number of hydrogen-bond donors (Lipinski definition) is 1. The number of rotatable bonds is 11. The van der Waals surface area contributed by atoms with Gasteiger partial charge in [0.1, 0.15) is 5.82 Å². The van der Waals surface area contributed by atoms with Gasteiger partial charge in [0, 0.05) is 32.3 Å². The molecule has 0 unspecified atom stereocenters. The summed E-state index contributed by atoms with van der Waals surface area (Å²) in [4.78, 5) is 1.95. The molecule has 1 aromatic carbocycles. The van der Waals surface area contributed by atoms with E-state index in [1.165, 1.54) is 6.07 Å². The Morgan fingerprint density at radius 2 is 2.19 bits per heavy atom. The molecule has 0 aliphatic carbocycles. The standard InChI is InChI=1S/C16H24FNO3/c1-3-9-21-13-15(19)12-18(8-10-20-2)11-14-6-4-5-7-16(14)17/h3-7,15,19H,1,8-13H2,2H3/t15-/m1/s1. The summed E-state index contributed by atoms with van der Waals surface area (Å²) >= 11 is 0. The Balaban J connectivity index is 2.54. The van der Waals surface area contributed by atoms with Crippen molar-refractivity contribution in [1.82, 2.24) is 4.90 Å². The van der Waals surface area contributed by atoms with Crippen LogP contribution in [0.3, 0.4) is 0 Å². The number of aliphatic hydroxyl groups is 1. The second-order valence-electron chi connectivity index (χ2n) is 4.80. The summed E-state index contributed by atoms with van der Waals surface area (Å²) in [5.41, 5.74) is 0.604. The van der Waals surface area contributed by atoms with Crippen LogP contribution in [-0.2, 0) is 16.0 Å². The molecule has 1 aromatic rings. The highest BCUT2D eigenvalue weighted by atomic mass is 19.1. The van der Waals surface area contributed by atoms with Gasteiger partial charge < -0.3 is 14.6 Å². The predicted molar refractivity (Wildman–Crippen MR) is 80.6 cm³/mol. The minimum absolute atomic E-state index is 0.229.